The Morgan fingerprint density at radius 2 is 2.16 bits per heavy atom. The molecule has 0 aliphatic carbocycles. The van der Waals surface area contributed by atoms with E-state index in [1.54, 1.807) is 12.1 Å². The van der Waals surface area contributed by atoms with Gasteiger partial charge < -0.3 is 9.47 Å². The molecule has 1 aliphatic heterocycles. The van der Waals surface area contributed by atoms with E-state index in [1.165, 1.54) is 19.1 Å². The zero-order chi connectivity index (χ0) is 13.8. The Balaban J connectivity index is 2.21. The molecule has 1 fully saturated rings. The van der Waals surface area contributed by atoms with Gasteiger partial charge in [0.2, 0.25) is 0 Å². The van der Waals surface area contributed by atoms with Gasteiger partial charge in [0, 0.05) is 25.7 Å². The molecule has 0 radical (unpaired) electrons. The second kappa shape index (κ2) is 5.79. The van der Waals surface area contributed by atoms with Crippen LogP contribution in [-0.2, 0) is 14.3 Å². The van der Waals surface area contributed by atoms with Crippen LogP contribution in [0.5, 0.6) is 0 Å². The third-order valence-corrected chi connectivity index (χ3v) is 3.03. The van der Waals surface area contributed by atoms with Gasteiger partial charge in [-0.25, -0.2) is 0 Å². The van der Waals surface area contributed by atoms with Crippen molar-refractivity contribution in [3.8, 4) is 0 Å². The Hall–Kier alpha value is -1.95. The minimum atomic E-state index is -0.499. The van der Waals surface area contributed by atoms with Gasteiger partial charge in [-0.15, -0.1) is 0 Å². The van der Waals surface area contributed by atoms with Gasteiger partial charge in [0.05, 0.1) is 11.0 Å². The average molecular weight is 265 g/mol. The maximum Gasteiger partial charge on any atom is 0.303 e. The highest BCUT2D eigenvalue weighted by Gasteiger charge is 2.30. The van der Waals surface area contributed by atoms with Crippen molar-refractivity contribution >= 4 is 11.7 Å². The summed E-state index contributed by atoms with van der Waals surface area (Å²) in [6.45, 7) is 1.99. The molecule has 6 heteroatoms. The average Bonchev–Trinajstić information content (AvgIpc) is 2.89. The first-order valence-electron chi connectivity index (χ1n) is 6.11. The lowest BCUT2D eigenvalue weighted by atomic mass is 10.0. The fourth-order valence-corrected chi connectivity index (χ4v) is 2.16. The molecule has 1 aromatic rings. The molecule has 6 nitrogen and oxygen atoms in total. The fraction of sp³-hybridized carbons (Fsp3) is 0.462. The topological polar surface area (TPSA) is 78.7 Å². The lowest BCUT2D eigenvalue weighted by molar-refractivity contribution is -0.384. The van der Waals surface area contributed by atoms with E-state index in [0.29, 0.717) is 12.2 Å². The molecule has 0 bridgehead atoms. The minimum Gasteiger partial charge on any atom is -0.455 e. The Labute approximate surface area is 110 Å². The standard InChI is InChI=1S/C13H15NO5/c1-9(15)19-13(12-3-2-8-18-12)10-4-6-11(7-5-10)14(16)17/h4-7,12-13H,2-3,8H2,1H3/t12-,13-/m1/s1. The Bertz CT molecular complexity index is 464. The second-order valence-corrected chi connectivity index (χ2v) is 4.43. The van der Waals surface area contributed by atoms with Crippen molar-refractivity contribution in [2.45, 2.75) is 32.0 Å². The SMILES string of the molecule is CC(=O)O[C@H](c1ccc([N+](=O)[O-])cc1)[C@H]1CCCO1. The summed E-state index contributed by atoms with van der Waals surface area (Å²) in [5, 5.41) is 10.6. The van der Waals surface area contributed by atoms with Crippen LogP contribution >= 0.6 is 0 Å². The number of nitrogens with zero attached hydrogens (tertiary/aromatic N) is 1. The van der Waals surface area contributed by atoms with E-state index in [0.717, 1.165) is 12.8 Å². The Kier molecular flexibility index (Phi) is 4.11. The molecule has 1 aliphatic rings. The molecule has 1 aromatic carbocycles. The molecule has 2 atom stereocenters. The number of rotatable bonds is 4. The van der Waals surface area contributed by atoms with E-state index in [1.807, 2.05) is 0 Å². The van der Waals surface area contributed by atoms with E-state index in [4.69, 9.17) is 9.47 Å². The largest absolute Gasteiger partial charge is 0.455 e. The predicted molar refractivity (Wildman–Crippen MR) is 66.6 cm³/mol. The number of hydrogen-bond donors (Lipinski definition) is 0. The molecule has 0 saturated carbocycles. The van der Waals surface area contributed by atoms with Crippen molar-refractivity contribution in [2.75, 3.05) is 6.61 Å². The van der Waals surface area contributed by atoms with Crippen molar-refractivity contribution < 1.29 is 19.2 Å². The monoisotopic (exact) mass is 265 g/mol. The number of nitro benzene ring substituents is 1. The number of carbonyl (C=O) groups excluding carboxylic acids is 1. The van der Waals surface area contributed by atoms with E-state index >= 15 is 0 Å². The van der Waals surface area contributed by atoms with Crippen LogP contribution in [0.1, 0.15) is 31.4 Å². The van der Waals surface area contributed by atoms with E-state index in [9.17, 15) is 14.9 Å². The highest BCUT2D eigenvalue weighted by Crippen LogP contribution is 2.31. The lowest BCUT2D eigenvalue weighted by Crippen LogP contribution is -2.22. The zero-order valence-electron chi connectivity index (χ0n) is 10.6. The van der Waals surface area contributed by atoms with E-state index < -0.39 is 11.0 Å². The summed E-state index contributed by atoms with van der Waals surface area (Å²) in [5.74, 6) is -0.390. The van der Waals surface area contributed by atoms with E-state index in [-0.39, 0.29) is 17.8 Å². The fourth-order valence-electron chi connectivity index (χ4n) is 2.16. The first kappa shape index (κ1) is 13.5. The van der Waals surface area contributed by atoms with Gasteiger partial charge in [-0.2, -0.15) is 0 Å². The molecule has 19 heavy (non-hydrogen) atoms. The third-order valence-electron chi connectivity index (χ3n) is 3.03. The summed E-state index contributed by atoms with van der Waals surface area (Å²) >= 11 is 0. The molecular weight excluding hydrogens is 250 g/mol. The highest BCUT2D eigenvalue weighted by atomic mass is 16.6. The van der Waals surface area contributed by atoms with Gasteiger partial charge >= 0.3 is 5.97 Å². The number of ether oxygens (including phenoxy) is 2. The number of esters is 1. The van der Waals surface area contributed by atoms with Crippen molar-refractivity contribution in [3.05, 3.63) is 39.9 Å². The van der Waals surface area contributed by atoms with Crippen LogP contribution in [0.15, 0.2) is 24.3 Å². The number of nitro groups is 1. The molecule has 0 amide bonds. The lowest BCUT2D eigenvalue weighted by Gasteiger charge is -2.22. The maximum atomic E-state index is 11.2. The van der Waals surface area contributed by atoms with Crippen molar-refractivity contribution in [3.63, 3.8) is 0 Å². The summed E-state index contributed by atoms with van der Waals surface area (Å²) in [6, 6.07) is 6.02. The summed E-state index contributed by atoms with van der Waals surface area (Å²) in [7, 11) is 0. The molecule has 102 valence electrons. The van der Waals surface area contributed by atoms with Gasteiger partial charge in [0.25, 0.3) is 5.69 Å². The number of non-ortho nitro benzene ring substituents is 1. The molecule has 0 aromatic heterocycles. The van der Waals surface area contributed by atoms with Crippen molar-refractivity contribution in [2.24, 2.45) is 0 Å². The van der Waals surface area contributed by atoms with Gasteiger partial charge in [-0.3, -0.25) is 14.9 Å². The number of carbonyl (C=O) groups is 1. The normalized spacial score (nSPS) is 19.9. The molecule has 2 rings (SSSR count). The maximum absolute atomic E-state index is 11.2. The van der Waals surface area contributed by atoms with E-state index in [2.05, 4.69) is 0 Å². The van der Waals surface area contributed by atoms with Crippen LogP contribution in [0.3, 0.4) is 0 Å². The molecule has 1 saturated heterocycles. The van der Waals surface area contributed by atoms with Gasteiger partial charge in [0.1, 0.15) is 0 Å². The summed E-state index contributed by atoms with van der Waals surface area (Å²) < 4.78 is 10.8. The van der Waals surface area contributed by atoms with Crippen LogP contribution in [0.2, 0.25) is 0 Å². The van der Waals surface area contributed by atoms with Gasteiger partial charge in [-0.1, -0.05) is 0 Å². The van der Waals surface area contributed by atoms with Crippen LogP contribution in [0.4, 0.5) is 5.69 Å². The molecule has 0 unspecified atom stereocenters. The summed E-state index contributed by atoms with van der Waals surface area (Å²) in [5.41, 5.74) is 0.727. The van der Waals surface area contributed by atoms with Gasteiger partial charge in [0.15, 0.2) is 6.10 Å². The summed E-state index contributed by atoms with van der Waals surface area (Å²) in [4.78, 5) is 21.3. The van der Waals surface area contributed by atoms with Crippen molar-refractivity contribution in [1.82, 2.24) is 0 Å². The van der Waals surface area contributed by atoms with Crippen LogP contribution in [-0.4, -0.2) is 23.6 Å². The first-order valence-corrected chi connectivity index (χ1v) is 6.11. The smallest absolute Gasteiger partial charge is 0.303 e. The number of benzene rings is 1. The third kappa shape index (κ3) is 3.29. The Morgan fingerprint density at radius 1 is 1.47 bits per heavy atom. The molecule has 1 heterocycles. The minimum absolute atomic E-state index is 0.0117. The van der Waals surface area contributed by atoms with Gasteiger partial charge in [-0.05, 0) is 30.5 Å². The quantitative estimate of drug-likeness (QED) is 0.474. The predicted octanol–water partition coefficient (Wildman–Crippen LogP) is 2.38. The Morgan fingerprint density at radius 3 is 2.63 bits per heavy atom. The van der Waals surface area contributed by atoms with Crippen LogP contribution in [0, 0.1) is 10.1 Å². The summed E-state index contributed by atoms with van der Waals surface area (Å²) in [6.07, 6.45) is 1.07. The first-order chi connectivity index (χ1) is 9.08. The molecule has 0 N–H and O–H groups in total. The zero-order valence-corrected chi connectivity index (χ0v) is 10.6. The highest BCUT2D eigenvalue weighted by molar-refractivity contribution is 5.66. The van der Waals surface area contributed by atoms with Crippen LogP contribution in [0.25, 0.3) is 0 Å². The molecule has 0 spiro atoms. The van der Waals surface area contributed by atoms with Crippen LogP contribution < -0.4 is 0 Å². The molecular formula is C13H15NO5. The van der Waals surface area contributed by atoms with Crippen molar-refractivity contribution in [1.29, 1.82) is 0 Å². The second-order valence-electron chi connectivity index (χ2n) is 4.43. The number of hydrogen-bond acceptors (Lipinski definition) is 5.